The van der Waals surface area contributed by atoms with Crippen molar-refractivity contribution in [2.45, 2.75) is 26.9 Å². The zero-order chi connectivity index (χ0) is 12.7. The van der Waals surface area contributed by atoms with Crippen molar-refractivity contribution in [3.8, 4) is 0 Å². The van der Waals surface area contributed by atoms with E-state index in [0.717, 1.165) is 11.1 Å². The lowest BCUT2D eigenvalue weighted by Crippen LogP contribution is -2.25. The number of carbonyl (C=O) groups is 1. The molecule has 0 aromatic heterocycles. The minimum atomic E-state index is -0.384. The topological polar surface area (TPSA) is 64.3 Å². The fourth-order valence-electron chi connectivity index (χ4n) is 1.39. The first-order valence-corrected chi connectivity index (χ1v) is 5.81. The summed E-state index contributed by atoms with van der Waals surface area (Å²) in [6, 6.07) is 7.76. The molecule has 0 saturated carbocycles. The predicted molar refractivity (Wildman–Crippen MR) is 67.4 cm³/mol. The first-order chi connectivity index (χ1) is 8.13. The van der Waals surface area contributed by atoms with Gasteiger partial charge < -0.3 is 15.8 Å². The van der Waals surface area contributed by atoms with Crippen LogP contribution in [-0.2, 0) is 17.8 Å². The molecule has 0 aliphatic heterocycles. The van der Waals surface area contributed by atoms with Crippen molar-refractivity contribution in [1.82, 2.24) is 5.32 Å². The lowest BCUT2D eigenvalue weighted by atomic mass is 10.1. The summed E-state index contributed by atoms with van der Waals surface area (Å²) in [5.74, 6) is 0.345. The average molecular weight is 236 g/mol. The van der Waals surface area contributed by atoms with Crippen LogP contribution in [0, 0.1) is 5.92 Å². The molecule has 17 heavy (non-hydrogen) atoms. The summed E-state index contributed by atoms with van der Waals surface area (Å²) < 4.78 is 5.02. The van der Waals surface area contributed by atoms with Gasteiger partial charge in [-0.1, -0.05) is 38.1 Å². The number of hydrogen-bond donors (Lipinski definition) is 2. The SMILES string of the molecule is CC(C)COC(=O)NCc1ccccc1CN. The van der Waals surface area contributed by atoms with Crippen LogP contribution in [0.25, 0.3) is 0 Å². The summed E-state index contributed by atoms with van der Waals surface area (Å²) >= 11 is 0. The van der Waals surface area contributed by atoms with Crippen LogP contribution in [0.15, 0.2) is 24.3 Å². The highest BCUT2D eigenvalue weighted by molar-refractivity contribution is 5.67. The molecule has 1 rings (SSSR count). The molecule has 0 unspecified atom stereocenters. The fraction of sp³-hybridized carbons (Fsp3) is 0.462. The summed E-state index contributed by atoms with van der Waals surface area (Å²) in [4.78, 5) is 11.4. The van der Waals surface area contributed by atoms with Crippen LogP contribution in [0.4, 0.5) is 4.79 Å². The minimum absolute atomic E-state index is 0.345. The Morgan fingerprint density at radius 2 is 2.00 bits per heavy atom. The molecule has 0 aliphatic carbocycles. The van der Waals surface area contributed by atoms with Crippen molar-refractivity contribution in [1.29, 1.82) is 0 Å². The molecule has 0 saturated heterocycles. The van der Waals surface area contributed by atoms with E-state index in [4.69, 9.17) is 10.5 Å². The van der Waals surface area contributed by atoms with Gasteiger partial charge >= 0.3 is 6.09 Å². The van der Waals surface area contributed by atoms with Crippen LogP contribution in [0.2, 0.25) is 0 Å². The molecule has 0 atom stereocenters. The number of rotatable bonds is 5. The number of carbonyl (C=O) groups excluding carboxylic acids is 1. The van der Waals surface area contributed by atoms with Crippen LogP contribution in [0.5, 0.6) is 0 Å². The molecule has 3 N–H and O–H groups in total. The molecule has 94 valence electrons. The first-order valence-electron chi connectivity index (χ1n) is 5.81. The van der Waals surface area contributed by atoms with Gasteiger partial charge in [0.25, 0.3) is 0 Å². The van der Waals surface area contributed by atoms with Crippen molar-refractivity contribution in [3.05, 3.63) is 35.4 Å². The van der Waals surface area contributed by atoms with Crippen molar-refractivity contribution >= 4 is 6.09 Å². The maximum atomic E-state index is 11.4. The normalized spacial score (nSPS) is 10.4. The number of nitrogens with two attached hydrogens (primary N) is 1. The largest absolute Gasteiger partial charge is 0.449 e. The average Bonchev–Trinajstić information content (AvgIpc) is 2.34. The third-order valence-corrected chi connectivity index (χ3v) is 2.31. The Bertz CT molecular complexity index is 364. The highest BCUT2D eigenvalue weighted by Gasteiger charge is 2.05. The van der Waals surface area contributed by atoms with Crippen LogP contribution in [0.1, 0.15) is 25.0 Å². The van der Waals surface area contributed by atoms with Crippen LogP contribution >= 0.6 is 0 Å². The molecule has 1 aromatic rings. The second-order valence-corrected chi connectivity index (χ2v) is 4.32. The molecular formula is C13H20N2O2. The maximum absolute atomic E-state index is 11.4. The summed E-state index contributed by atoms with van der Waals surface area (Å²) in [5.41, 5.74) is 7.67. The Morgan fingerprint density at radius 1 is 1.35 bits per heavy atom. The lowest BCUT2D eigenvalue weighted by Gasteiger charge is -2.10. The zero-order valence-electron chi connectivity index (χ0n) is 10.4. The predicted octanol–water partition coefficient (Wildman–Crippen LogP) is 2.03. The molecular weight excluding hydrogens is 216 g/mol. The van der Waals surface area contributed by atoms with E-state index in [1.54, 1.807) is 0 Å². The van der Waals surface area contributed by atoms with E-state index in [0.29, 0.717) is 25.6 Å². The molecule has 0 aliphatic rings. The van der Waals surface area contributed by atoms with Crippen LogP contribution < -0.4 is 11.1 Å². The van der Waals surface area contributed by atoms with E-state index >= 15 is 0 Å². The fourth-order valence-corrected chi connectivity index (χ4v) is 1.39. The smallest absolute Gasteiger partial charge is 0.407 e. The molecule has 0 fully saturated rings. The number of alkyl carbamates (subject to hydrolysis) is 1. The van der Waals surface area contributed by atoms with Gasteiger partial charge in [0.2, 0.25) is 0 Å². The first kappa shape index (κ1) is 13.5. The molecule has 0 spiro atoms. The standard InChI is InChI=1S/C13H20N2O2/c1-10(2)9-17-13(16)15-8-12-6-4-3-5-11(12)7-14/h3-6,10H,7-9,14H2,1-2H3,(H,15,16). The van der Waals surface area contributed by atoms with E-state index in [-0.39, 0.29) is 6.09 Å². The molecule has 1 amide bonds. The summed E-state index contributed by atoms with van der Waals surface area (Å²) in [6.07, 6.45) is -0.384. The van der Waals surface area contributed by atoms with Crippen molar-refractivity contribution in [2.24, 2.45) is 11.7 Å². The summed E-state index contributed by atoms with van der Waals surface area (Å²) in [5, 5.41) is 2.71. The van der Waals surface area contributed by atoms with Crippen molar-refractivity contribution < 1.29 is 9.53 Å². The van der Waals surface area contributed by atoms with Gasteiger partial charge in [0.05, 0.1) is 6.61 Å². The van der Waals surface area contributed by atoms with Gasteiger partial charge in [-0.05, 0) is 17.0 Å². The van der Waals surface area contributed by atoms with Gasteiger partial charge in [-0.25, -0.2) is 4.79 Å². The monoisotopic (exact) mass is 236 g/mol. The van der Waals surface area contributed by atoms with E-state index in [2.05, 4.69) is 5.32 Å². The summed E-state index contributed by atoms with van der Waals surface area (Å²) in [6.45, 7) is 5.35. The van der Waals surface area contributed by atoms with Gasteiger partial charge in [-0.15, -0.1) is 0 Å². The quantitative estimate of drug-likeness (QED) is 0.822. The second kappa shape index (κ2) is 6.91. The van der Waals surface area contributed by atoms with Gasteiger partial charge in [-0.3, -0.25) is 0 Å². The zero-order valence-corrected chi connectivity index (χ0v) is 10.4. The molecule has 1 aromatic carbocycles. The van der Waals surface area contributed by atoms with E-state index in [9.17, 15) is 4.79 Å². The summed E-state index contributed by atoms with van der Waals surface area (Å²) in [7, 11) is 0. The number of ether oxygens (including phenoxy) is 1. The lowest BCUT2D eigenvalue weighted by molar-refractivity contribution is 0.132. The third-order valence-electron chi connectivity index (χ3n) is 2.31. The Balaban J connectivity index is 2.42. The minimum Gasteiger partial charge on any atom is -0.449 e. The van der Waals surface area contributed by atoms with E-state index in [1.165, 1.54) is 0 Å². The van der Waals surface area contributed by atoms with Crippen LogP contribution in [0.3, 0.4) is 0 Å². The highest BCUT2D eigenvalue weighted by Crippen LogP contribution is 2.07. The Morgan fingerprint density at radius 3 is 2.59 bits per heavy atom. The second-order valence-electron chi connectivity index (χ2n) is 4.32. The Kier molecular flexibility index (Phi) is 5.49. The highest BCUT2D eigenvalue weighted by atomic mass is 16.5. The number of amides is 1. The Labute approximate surface area is 102 Å². The van der Waals surface area contributed by atoms with Gasteiger partial charge in [0.15, 0.2) is 0 Å². The molecule has 0 bridgehead atoms. The van der Waals surface area contributed by atoms with Crippen molar-refractivity contribution in [3.63, 3.8) is 0 Å². The van der Waals surface area contributed by atoms with Gasteiger partial charge in [0.1, 0.15) is 0 Å². The molecule has 0 radical (unpaired) electrons. The maximum Gasteiger partial charge on any atom is 0.407 e. The van der Waals surface area contributed by atoms with Gasteiger partial charge in [-0.2, -0.15) is 0 Å². The number of hydrogen-bond acceptors (Lipinski definition) is 3. The number of nitrogens with one attached hydrogen (secondary N) is 1. The van der Waals surface area contributed by atoms with Gasteiger partial charge in [0, 0.05) is 13.1 Å². The van der Waals surface area contributed by atoms with E-state index in [1.807, 2.05) is 38.1 Å². The Hall–Kier alpha value is -1.55. The molecule has 4 nitrogen and oxygen atoms in total. The molecule has 4 heteroatoms. The molecule has 0 heterocycles. The van der Waals surface area contributed by atoms with Crippen molar-refractivity contribution in [2.75, 3.05) is 6.61 Å². The van der Waals surface area contributed by atoms with Crippen LogP contribution in [-0.4, -0.2) is 12.7 Å². The third kappa shape index (κ3) is 4.87. The van der Waals surface area contributed by atoms with E-state index < -0.39 is 0 Å². The number of benzene rings is 1.